The predicted octanol–water partition coefficient (Wildman–Crippen LogP) is 1.80. The van der Waals surface area contributed by atoms with Crippen LogP contribution >= 0.6 is 11.3 Å². The Morgan fingerprint density at radius 3 is 2.78 bits per heavy atom. The summed E-state index contributed by atoms with van der Waals surface area (Å²) in [6.45, 7) is 1.98. The third-order valence-electron chi connectivity index (χ3n) is 2.93. The van der Waals surface area contributed by atoms with E-state index in [1.165, 1.54) is 17.5 Å². The molecule has 3 aromatic heterocycles. The zero-order valence-corrected chi connectivity index (χ0v) is 10.6. The number of nitrogens with zero attached hydrogens (tertiary/aromatic N) is 4. The molecule has 0 saturated heterocycles. The van der Waals surface area contributed by atoms with Crippen LogP contribution in [0.4, 0.5) is 0 Å². The first kappa shape index (κ1) is 11.0. The van der Waals surface area contributed by atoms with Crippen molar-refractivity contribution >= 4 is 22.1 Å². The summed E-state index contributed by atoms with van der Waals surface area (Å²) in [5.74, 6) is -0.957. The quantitative estimate of drug-likeness (QED) is 0.764. The molecular weight excluding hydrogens is 252 g/mol. The van der Waals surface area contributed by atoms with Gasteiger partial charge in [-0.1, -0.05) is 0 Å². The van der Waals surface area contributed by atoms with Gasteiger partial charge in [-0.05, 0) is 6.92 Å². The molecule has 7 heteroatoms. The maximum Gasteiger partial charge on any atom is 0.340 e. The van der Waals surface area contributed by atoms with E-state index in [-0.39, 0.29) is 5.56 Å². The monoisotopic (exact) mass is 262 g/mol. The van der Waals surface area contributed by atoms with Gasteiger partial charge in [-0.15, -0.1) is 11.3 Å². The standard InChI is InChI=1S/C11H10N4O2S/c1-6-7(3-12-14(6)2)9-5-15-10(18-9)8(4-13-15)11(16)17/h3-5H,1-2H3,(H,16,17). The number of aryl methyl sites for hydroxylation is 1. The summed E-state index contributed by atoms with van der Waals surface area (Å²) in [5.41, 5.74) is 2.27. The van der Waals surface area contributed by atoms with E-state index in [1.807, 2.05) is 20.2 Å². The van der Waals surface area contributed by atoms with Gasteiger partial charge in [0, 0.05) is 24.5 Å². The van der Waals surface area contributed by atoms with Gasteiger partial charge in [0.25, 0.3) is 0 Å². The number of aromatic carboxylic acids is 1. The van der Waals surface area contributed by atoms with Crippen molar-refractivity contribution in [2.24, 2.45) is 7.05 Å². The molecule has 0 bridgehead atoms. The van der Waals surface area contributed by atoms with Crippen molar-refractivity contribution in [1.82, 2.24) is 19.4 Å². The van der Waals surface area contributed by atoms with Gasteiger partial charge in [-0.25, -0.2) is 9.31 Å². The molecule has 3 heterocycles. The molecule has 0 aliphatic heterocycles. The Kier molecular flexibility index (Phi) is 2.24. The van der Waals surface area contributed by atoms with Crippen molar-refractivity contribution < 1.29 is 9.90 Å². The van der Waals surface area contributed by atoms with Crippen LogP contribution in [0.25, 0.3) is 15.3 Å². The zero-order chi connectivity index (χ0) is 12.9. The molecule has 1 N–H and O–H groups in total. The smallest absolute Gasteiger partial charge is 0.340 e. The fourth-order valence-corrected chi connectivity index (χ4v) is 2.91. The summed E-state index contributed by atoms with van der Waals surface area (Å²) < 4.78 is 3.38. The molecule has 0 unspecified atom stereocenters. The highest BCUT2D eigenvalue weighted by Gasteiger charge is 2.16. The third kappa shape index (κ3) is 1.44. The fraction of sp³-hybridized carbons (Fsp3) is 0.182. The molecule has 92 valence electrons. The Bertz CT molecular complexity index is 752. The lowest BCUT2D eigenvalue weighted by Crippen LogP contribution is -1.92. The van der Waals surface area contributed by atoms with E-state index in [4.69, 9.17) is 5.11 Å². The average Bonchev–Trinajstić information content (AvgIpc) is 2.94. The van der Waals surface area contributed by atoms with Gasteiger partial charge < -0.3 is 5.11 Å². The molecule has 3 rings (SSSR count). The first-order chi connectivity index (χ1) is 8.58. The van der Waals surface area contributed by atoms with Crippen LogP contribution in [0, 0.1) is 6.92 Å². The number of aromatic nitrogens is 4. The second-order valence-electron chi connectivity index (χ2n) is 3.98. The summed E-state index contributed by atoms with van der Waals surface area (Å²) in [7, 11) is 1.88. The molecule has 0 atom stereocenters. The number of carboxylic acid groups (broad SMARTS) is 1. The number of hydrogen-bond donors (Lipinski definition) is 1. The van der Waals surface area contributed by atoms with Crippen LogP contribution in [0.1, 0.15) is 16.1 Å². The Morgan fingerprint density at radius 1 is 1.39 bits per heavy atom. The fourth-order valence-electron chi connectivity index (χ4n) is 1.80. The number of thiazole rings is 1. The molecular formula is C11H10N4O2S. The SMILES string of the molecule is Cc1c(-c2cn3ncc(C(=O)O)c3s2)cnn1C. The van der Waals surface area contributed by atoms with Crippen LogP contribution in [-0.2, 0) is 7.05 Å². The second kappa shape index (κ2) is 3.67. The average molecular weight is 262 g/mol. The third-order valence-corrected chi connectivity index (χ3v) is 4.07. The van der Waals surface area contributed by atoms with Gasteiger partial charge in [-0.3, -0.25) is 4.68 Å². The largest absolute Gasteiger partial charge is 0.478 e. The summed E-state index contributed by atoms with van der Waals surface area (Å²) >= 11 is 1.41. The van der Waals surface area contributed by atoms with Crippen molar-refractivity contribution in [1.29, 1.82) is 0 Å². The number of carbonyl (C=O) groups is 1. The van der Waals surface area contributed by atoms with Gasteiger partial charge in [0.15, 0.2) is 0 Å². The maximum atomic E-state index is 11.0. The van der Waals surface area contributed by atoms with Crippen molar-refractivity contribution in [3.8, 4) is 10.4 Å². The van der Waals surface area contributed by atoms with Gasteiger partial charge in [-0.2, -0.15) is 10.2 Å². The molecule has 0 aliphatic carbocycles. The Labute approximate surface area is 106 Å². The van der Waals surface area contributed by atoms with E-state index >= 15 is 0 Å². The highest BCUT2D eigenvalue weighted by molar-refractivity contribution is 7.21. The summed E-state index contributed by atoms with van der Waals surface area (Å²) in [4.78, 5) is 12.6. The van der Waals surface area contributed by atoms with Gasteiger partial charge in [0.05, 0.1) is 17.3 Å². The molecule has 0 fully saturated rings. The molecule has 18 heavy (non-hydrogen) atoms. The van der Waals surface area contributed by atoms with Gasteiger partial charge in [0.1, 0.15) is 10.4 Å². The van der Waals surface area contributed by atoms with E-state index in [0.29, 0.717) is 4.83 Å². The molecule has 0 radical (unpaired) electrons. The van der Waals surface area contributed by atoms with E-state index in [1.54, 1.807) is 15.4 Å². The predicted molar refractivity (Wildman–Crippen MR) is 67.0 cm³/mol. The van der Waals surface area contributed by atoms with Crippen LogP contribution in [0.15, 0.2) is 18.6 Å². The minimum Gasteiger partial charge on any atom is -0.478 e. The minimum absolute atomic E-state index is 0.229. The molecule has 0 aliphatic rings. The van der Waals surface area contributed by atoms with Crippen molar-refractivity contribution in [3.63, 3.8) is 0 Å². The Hall–Kier alpha value is -2.15. The topological polar surface area (TPSA) is 72.4 Å². The Balaban J connectivity index is 2.20. The summed E-state index contributed by atoms with van der Waals surface area (Å²) in [6.07, 6.45) is 4.98. The van der Waals surface area contributed by atoms with E-state index in [2.05, 4.69) is 10.2 Å². The first-order valence-electron chi connectivity index (χ1n) is 5.27. The van der Waals surface area contributed by atoms with Crippen LogP contribution in [0.3, 0.4) is 0 Å². The van der Waals surface area contributed by atoms with Gasteiger partial charge >= 0.3 is 5.97 Å². The summed E-state index contributed by atoms with van der Waals surface area (Å²) in [5, 5.41) is 17.3. The van der Waals surface area contributed by atoms with E-state index < -0.39 is 5.97 Å². The van der Waals surface area contributed by atoms with Gasteiger partial charge in [0.2, 0.25) is 0 Å². The highest BCUT2D eigenvalue weighted by Crippen LogP contribution is 2.31. The molecule has 0 amide bonds. The lowest BCUT2D eigenvalue weighted by molar-refractivity contribution is 0.0699. The Morgan fingerprint density at radius 2 is 2.17 bits per heavy atom. The second-order valence-corrected chi connectivity index (χ2v) is 5.01. The van der Waals surface area contributed by atoms with E-state index in [0.717, 1.165) is 16.1 Å². The van der Waals surface area contributed by atoms with Crippen molar-refractivity contribution in [2.75, 3.05) is 0 Å². The number of carboxylic acids is 1. The molecule has 0 spiro atoms. The number of hydrogen-bond acceptors (Lipinski definition) is 4. The van der Waals surface area contributed by atoms with Crippen LogP contribution in [0.5, 0.6) is 0 Å². The van der Waals surface area contributed by atoms with E-state index in [9.17, 15) is 4.79 Å². The molecule has 0 aromatic carbocycles. The van der Waals surface area contributed by atoms with Crippen molar-refractivity contribution in [3.05, 3.63) is 29.8 Å². The highest BCUT2D eigenvalue weighted by atomic mass is 32.1. The zero-order valence-electron chi connectivity index (χ0n) is 9.78. The van der Waals surface area contributed by atoms with Crippen LogP contribution in [0.2, 0.25) is 0 Å². The number of rotatable bonds is 2. The normalized spacial score (nSPS) is 11.2. The number of fused-ring (bicyclic) bond motifs is 1. The lowest BCUT2D eigenvalue weighted by atomic mass is 10.2. The first-order valence-corrected chi connectivity index (χ1v) is 6.09. The molecule has 0 saturated carbocycles. The minimum atomic E-state index is -0.957. The molecule has 6 nitrogen and oxygen atoms in total. The molecule has 3 aromatic rings. The summed E-state index contributed by atoms with van der Waals surface area (Å²) in [6, 6.07) is 0. The van der Waals surface area contributed by atoms with Crippen LogP contribution < -0.4 is 0 Å². The van der Waals surface area contributed by atoms with Crippen LogP contribution in [-0.4, -0.2) is 30.5 Å². The lowest BCUT2D eigenvalue weighted by Gasteiger charge is -1.95. The van der Waals surface area contributed by atoms with Crippen molar-refractivity contribution in [2.45, 2.75) is 6.92 Å². The maximum absolute atomic E-state index is 11.0.